The number of carbonyl (C=O) groups excluding carboxylic acids is 2. The van der Waals surface area contributed by atoms with E-state index in [4.69, 9.17) is 5.73 Å². The van der Waals surface area contributed by atoms with Crippen LogP contribution < -0.4 is 21.1 Å². The van der Waals surface area contributed by atoms with Crippen molar-refractivity contribution in [1.82, 2.24) is 4.72 Å². The molecule has 0 aliphatic rings. The summed E-state index contributed by atoms with van der Waals surface area (Å²) in [5.41, 5.74) is 7.61. The predicted octanol–water partition coefficient (Wildman–Crippen LogP) is 4.36. The second kappa shape index (κ2) is 12.2. The number of sulfonamides is 1. The number of anilines is 3. The van der Waals surface area contributed by atoms with Gasteiger partial charge in [0.2, 0.25) is 5.91 Å². The number of unbranched alkanes of at least 4 members (excludes halogenated alkanes) is 2. The Kier molecular flexibility index (Phi) is 9.72. The third-order valence-electron chi connectivity index (χ3n) is 5.03. The van der Waals surface area contributed by atoms with Crippen LogP contribution in [-0.4, -0.2) is 26.8 Å². The van der Waals surface area contributed by atoms with E-state index in [1.165, 1.54) is 18.2 Å². The highest BCUT2D eigenvalue weighted by atomic mass is 32.2. The van der Waals surface area contributed by atoms with Crippen molar-refractivity contribution in [2.24, 2.45) is 5.92 Å². The van der Waals surface area contributed by atoms with E-state index < -0.39 is 21.8 Å². The lowest BCUT2D eigenvalue weighted by molar-refractivity contribution is -0.119. The second-order valence-corrected chi connectivity index (χ2v) is 10.00. The average Bonchev–Trinajstić information content (AvgIpc) is 2.74. The molecule has 0 unspecified atom stereocenters. The van der Waals surface area contributed by atoms with Crippen molar-refractivity contribution in [1.29, 1.82) is 0 Å². The lowest BCUT2D eigenvalue weighted by Crippen LogP contribution is -2.31. The number of benzene rings is 2. The van der Waals surface area contributed by atoms with E-state index in [0.29, 0.717) is 18.0 Å². The summed E-state index contributed by atoms with van der Waals surface area (Å²) in [7, 11) is -4.14. The van der Waals surface area contributed by atoms with E-state index in [1.54, 1.807) is 24.3 Å². The number of rotatable bonds is 12. The predicted molar refractivity (Wildman–Crippen MR) is 133 cm³/mol. The van der Waals surface area contributed by atoms with Crippen LogP contribution in [0.1, 0.15) is 63.2 Å². The zero-order chi connectivity index (χ0) is 24.4. The molecule has 0 aliphatic carbocycles. The monoisotopic (exact) mass is 474 g/mol. The minimum absolute atomic E-state index is 0.0778. The van der Waals surface area contributed by atoms with Gasteiger partial charge in [0.05, 0.1) is 17.1 Å². The molecular weight excluding hydrogens is 440 g/mol. The Morgan fingerprint density at radius 3 is 2.42 bits per heavy atom. The van der Waals surface area contributed by atoms with Crippen LogP contribution in [0.15, 0.2) is 47.4 Å². The first kappa shape index (κ1) is 26.2. The molecule has 0 spiro atoms. The van der Waals surface area contributed by atoms with Gasteiger partial charge in [0, 0.05) is 18.5 Å². The van der Waals surface area contributed by atoms with E-state index in [9.17, 15) is 18.0 Å². The van der Waals surface area contributed by atoms with Crippen LogP contribution >= 0.6 is 0 Å². The maximum atomic E-state index is 12.8. The first-order valence-corrected chi connectivity index (χ1v) is 12.7. The lowest BCUT2D eigenvalue weighted by Gasteiger charge is -2.14. The molecule has 2 aromatic rings. The fourth-order valence-electron chi connectivity index (χ4n) is 3.15. The largest absolute Gasteiger partial charge is 0.397 e. The van der Waals surface area contributed by atoms with Gasteiger partial charge in [-0.15, -0.1) is 0 Å². The first-order valence-electron chi connectivity index (χ1n) is 11.2. The Hall–Kier alpha value is -3.07. The van der Waals surface area contributed by atoms with Crippen molar-refractivity contribution in [3.05, 3.63) is 48.0 Å². The maximum absolute atomic E-state index is 12.8. The topological polar surface area (TPSA) is 130 Å². The molecule has 0 bridgehead atoms. The summed E-state index contributed by atoms with van der Waals surface area (Å²) < 4.78 is 27.6. The van der Waals surface area contributed by atoms with Crippen LogP contribution in [-0.2, 0) is 14.8 Å². The molecule has 0 saturated heterocycles. The molecule has 0 atom stereocenters. The third-order valence-corrected chi connectivity index (χ3v) is 6.46. The van der Waals surface area contributed by atoms with Crippen LogP contribution in [0.5, 0.6) is 0 Å². The number of nitrogens with one attached hydrogen (secondary N) is 3. The Labute approximate surface area is 196 Å². The summed E-state index contributed by atoms with van der Waals surface area (Å²) in [6.07, 6.45) is 3.49. The van der Waals surface area contributed by atoms with Gasteiger partial charge >= 0.3 is 0 Å². The summed E-state index contributed by atoms with van der Waals surface area (Å²) in [4.78, 5) is 24.7. The Balaban J connectivity index is 2.13. The van der Waals surface area contributed by atoms with Gasteiger partial charge in [0.1, 0.15) is 4.90 Å². The minimum atomic E-state index is -4.14. The fraction of sp³-hybridized carbons (Fsp3) is 0.417. The van der Waals surface area contributed by atoms with E-state index in [1.807, 2.05) is 6.92 Å². The third kappa shape index (κ3) is 8.09. The minimum Gasteiger partial charge on any atom is -0.397 e. The molecule has 0 aromatic heterocycles. The van der Waals surface area contributed by atoms with Crippen molar-refractivity contribution in [2.45, 2.75) is 57.8 Å². The molecule has 8 nitrogen and oxygen atoms in total. The molecule has 0 heterocycles. The number of nitrogens with two attached hydrogens (primary N) is 1. The normalized spacial score (nSPS) is 11.3. The van der Waals surface area contributed by atoms with Gasteiger partial charge in [-0.1, -0.05) is 45.7 Å². The van der Waals surface area contributed by atoms with Crippen LogP contribution in [0.4, 0.5) is 17.1 Å². The molecule has 180 valence electrons. The molecule has 2 rings (SSSR count). The summed E-state index contributed by atoms with van der Waals surface area (Å²) in [5, 5.41) is 5.87. The smallest absolute Gasteiger partial charge is 0.266 e. The summed E-state index contributed by atoms with van der Waals surface area (Å²) in [6.45, 7) is 7.03. The van der Waals surface area contributed by atoms with Crippen molar-refractivity contribution in [2.75, 3.05) is 22.9 Å². The van der Waals surface area contributed by atoms with Crippen LogP contribution in [0.3, 0.4) is 0 Å². The maximum Gasteiger partial charge on any atom is 0.266 e. The molecule has 2 aromatic carbocycles. The van der Waals surface area contributed by atoms with Gasteiger partial charge in [-0.2, -0.15) is 0 Å². The van der Waals surface area contributed by atoms with Crippen molar-refractivity contribution in [3.8, 4) is 0 Å². The SMILES string of the molecule is CCCCCC(=O)NS(=O)(=O)c1ccccc1NC(=O)c1ccc(NCCC(C)C)c(N)c1. The van der Waals surface area contributed by atoms with Crippen molar-refractivity contribution < 1.29 is 18.0 Å². The Morgan fingerprint density at radius 2 is 1.76 bits per heavy atom. The molecular formula is C24H34N4O4S. The number of amides is 2. The van der Waals surface area contributed by atoms with Crippen LogP contribution in [0.2, 0.25) is 0 Å². The van der Waals surface area contributed by atoms with Gasteiger partial charge in [-0.05, 0) is 49.1 Å². The zero-order valence-electron chi connectivity index (χ0n) is 19.5. The zero-order valence-corrected chi connectivity index (χ0v) is 20.3. The number of hydrogen-bond acceptors (Lipinski definition) is 6. The molecule has 5 N–H and O–H groups in total. The van der Waals surface area contributed by atoms with E-state index >= 15 is 0 Å². The van der Waals surface area contributed by atoms with Gasteiger partial charge in [0.25, 0.3) is 15.9 Å². The van der Waals surface area contributed by atoms with Gasteiger partial charge in [0.15, 0.2) is 0 Å². The summed E-state index contributed by atoms with van der Waals surface area (Å²) >= 11 is 0. The molecule has 0 radical (unpaired) electrons. The lowest BCUT2D eigenvalue weighted by atomic mass is 10.1. The molecule has 0 aliphatic heterocycles. The number of carbonyl (C=O) groups is 2. The summed E-state index contributed by atoms with van der Waals surface area (Å²) in [5.74, 6) is -0.522. The van der Waals surface area contributed by atoms with Crippen LogP contribution in [0, 0.1) is 5.92 Å². The average molecular weight is 475 g/mol. The van der Waals surface area contributed by atoms with Crippen molar-refractivity contribution in [3.63, 3.8) is 0 Å². The Morgan fingerprint density at radius 1 is 1.03 bits per heavy atom. The van der Waals surface area contributed by atoms with Gasteiger partial charge in [-0.25, -0.2) is 13.1 Å². The standard InChI is InChI=1S/C24H34N4O4S/c1-4-5-6-11-23(29)28-33(31,32)22-10-8-7-9-21(22)27-24(30)18-12-13-20(19(25)16-18)26-15-14-17(2)3/h7-10,12-13,16-17,26H,4-6,11,14-15,25H2,1-3H3,(H,27,30)(H,28,29). The second-order valence-electron chi connectivity index (χ2n) is 8.35. The van der Waals surface area contributed by atoms with Crippen molar-refractivity contribution >= 4 is 38.9 Å². The fourth-order valence-corrected chi connectivity index (χ4v) is 4.33. The number of hydrogen-bond donors (Lipinski definition) is 4. The van der Waals surface area contributed by atoms with E-state index in [2.05, 4.69) is 29.2 Å². The highest BCUT2D eigenvalue weighted by molar-refractivity contribution is 7.90. The van der Waals surface area contributed by atoms with Gasteiger partial charge in [-0.3, -0.25) is 9.59 Å². The number of nitrogen functional groups attached to an aromatic ring is 1. The highest BCUT2D eigenvalue weighted by Crippen LogP contribution is 2.24. The Bertz CT molecular complexity index is 1070. The first-order chi connectivity index (χ1) is 15.6. The quantitative estimate of drug-likeness (QED) is 0.267. The molecule has 0 saturated carbocycles. The summed E-state index contributed by atoms with van der Waals surface area (Å²) in [6, 6.07) is 10.8. The molecule has 9 heteroatoms. The van der Waals surface area contributed by atoms with Crippen LogP contribution in [0.25, 0.3) is 0 Å². The van der Waals surface area contributed by atoms with Gasteiger partial charge < -0.3 is 16.4 Å². The highest BCUT2D eigenvalue weighted by Gasteiger charge is 2.22. The number of para-hydroxylation sites is 1. The van der Waals surface area contributed by atoms with E-state index in [-0.39, 0.29) is 22.6 Å². The molecule has 2 amide bonds. The molecule has 33 heavy (non-hydrogen) atoms. The van der Waals surface area contributed by atoms with E-state index in [0.717, 1.165) is 31.5 Å². The molecule has 0 fully saturated rings.